The van der Waals surface area contributed by atoms with Crippen LogP contribution >= 0.6 is 0 Å². The van der Waals surface area contributed by atoms with Crippen LogP contribution in [0, 0.1) is 12.7 Å². The zero-order valence-electron chi connectivity index (χ0n) is 13.3. The zero-order valence-corrected chi connectivity index (χ0v) is 13.3. The summed E-state index contributed by atoms with van der Waals surface area (Å²) in [7, 11) is 1.60. The average Bonchev–Trinajstić information content (AvgIpc) is 2.53. The topological polar surface area (TPSA) is 38.3 Å². The molecule has 0 aliphatic carbocycles. The Bertz CT molecular complexity index is 710. The van der Waals surface area contributed by atoms with Crippen LogP contribution in [-0.2, 0) is 11.2 Å². The molecule has 0 fully saturated rings. The van der Waals surface area contributed by atoms with Gasteiger partial charge in [-0.2, -0.15) is 0 Å². The van der Waals surface area contributed by atoms with E-state index in [9.17, 15) is 9.18 Å². The third kappa shape index (κ3) is 5.25. The van der Waals surface area contributed by atoms with E-state index in [1.165, 1.54) is 18.2 Å². The zero-order chi connectivity index (χ0) is 16.7. The minimum absolute atomic E-state index is 0.190. The van der Waals surface area contributed by atoms with Gasteiger partial charge in [-0.05, 0) is 49.2 Å². The lowest BCUT2D eigenvalue weighted by Gasteiger charge is -2.06. The van der Waals surface area contributed by atoms with Gasteiger partial charge in [0.25, 0.3) is 0 Å². The summed E-state index contributed by atoms with van der Waals surface area (Å²) in [4.78, 5) is 11.8. The summed E-state index contributed by atoms with van der Waals surface area (Å²) in [6.07, 6.45) is 3.79. The van der Waals surface area contributed by atoms with E-state index in [1.807, 2.05) is 31.2 Å². The van der Waals surface area contributed by atoms with Gasteiger partial charge in [-0.1, -0.05) is 23.8 Å². The first kappa shape index (κ1) is 16.7. The molecule has 0 spiro atoms. The van der Waals surface area contributed by atoms with Crippen LogP contribution in [0.25, 0.3) is 6.08 Å². The lowest BCUT2D eigenvalue weighted by molar-refractivity contribution is -0.116. The van der Waals surface area contributed by atoms with E-state index in [2.05, 4.69) is 5.32 Å². The Kier molecular flexibility index (Phi) is 5.92. The second-order valence-electron chi connectivity index (χ2n) is 5.25. The SMILES string of the molecule is COc1ccc(C)cc1/C=C/C(=O)NCCc1cccc(F)c1. The van der Waals surface area contributed by atoms with E-state index in [0.29, 0.717) is 13.0 Å². The average molecular weight is 313 g/mol. The standard InChI is InChI=1S/C19H20FNO2/c1-14-6-8-18(23-2)16(12-14)7-9-19(22)21-11-10-15-4-3-5-17(20)13-15/h3-9,12-13H,10-11H2,1-2H3,(H,21,22)/b9-7+. The maximum Gasteiger partial charge on any atom is 0.244 e. The highest BCUT2D eigenvalue weighted by molar-refractivity contribution is 5.92. The maximum absolute atomic E-state index is 13.1. The molecule has 0 aliphatic heterocycles. The van der Waals surface area contributed by atoms with E-state index in [-0.39, 0.29) is 11.7 Å². The lowest BCUT2D eigenvalue weighted by Crippen LogP contribution is -2.23. The van der Waals surface area contributed by atoms with Gasteiger partial charge in [0.2, 0.25) is 5.91 Å². The van der Waals surface area contributed by atoms with Gasteiger partial charge in [0.05, 0.1) is 7.11 Å². The molecule has 0 heterocycles. The maximum atomic E-state index is 13.1. The molecule has 1 N–H and O–H groups in total. The number of methoxy groups -OCH3 is 1. The van der Waals surface area contributed by atoms with E-state index >= 15 is 0 Å². The monoisotopic (exact) mass is 313 g/mol. The molecular weight excluding hydrogens is 293 g/mol. The van der Waals surface area contributed by atoms with Gasteiger partial charge in [-0.3, -0.25) is 4.79 Å². The summed E-state index contributed by atoms with van der Waals surface area (Å²) in [5, 5.41) is 2.78. The van der Waals surface area contributed by atoms with Crippen molar-refractivity contribution in [2.75, 3.05) is 13.7 Å². The molecule has 2 aromatic carbocycles. The molecule has 3 nitrogen and oxygen atoms in total. The number of rotatable bonds is 6. The van der Waals surface area contributed by atoms with Crippen LogP contribution in [0.5, 0.6) is 5.75 Å². The van der Waals surface area contributed by atoms with Crippen molar-refractivity contribution < 1.29 is 13.9 Å². The molecule has 0 unspecified atom stereocenters. The first-order chi connectivity index (χ1) is 11.1. The van der Waals surface area contributed by atoms with Crippen LogP contribution < -0.4 is 10.1 Å². The number of benzene rings is 2. The molecular formula is C19H20FNO2. The molecule has 0 radical (unpaired) electrons. The summed E-state index contributed by atoms with van der Waals surface area (Å²) < 4.78 is 18.3. The minimum Gasteiger partial charge on any atom is -0.496 e. The number of carbonyl (C=O) groups excluding carboxylic acids is 1. The number of hydrogen-bond acceptors (Lipinski definition) is 2. The molecule has 0 atom stereocenters. The second-order valence-corrected chi connectivity index (χ2v) is 5.25. The van der Waals surface area contributed by atoms with E-state index in [0.717, 1.165) is 22.4 Å². The van der Waals surface area contributed by atoms with E-state index < -0.39 is 0 Å². The summed E-state index contributed by atoms with van der Waals surface area (Å²) >= 11 is 0. The Balaban J connectivity index is 1.88. The Hall–Kier alpha value is -2.62. The Labute approximate surface area is 135 Å². The molecule has 0 bridgehead atoms. The number of nitrogens with one attached hydrogen (secondary N) is 1. The van der Waals surface area contributed by atoms with Gasteiger partial charge in [0.1, 0.15) is 11.6 Å². The smallest absolute Gasteiger partial charge is 0.244 e. The number of halogens is 1. The molecule has 0 aromatic heterocycles. The van der Waals surface area contributed by atoms with E-state index in [1.54, 1.807) is 19.3 Å². The molecule has 0 saturated carbocycles. The third-order valence-corrected chi connectivity index (χ3v) is 3.40. The van der Waals surface area contributed by atoms with Gasteiger partial charge in [-0.25, -0.2) is 4.39 Å². The Morgan fingerprint density at radius 2 is 2.09 bits per heavy atom. The highest BCUT2D eigenvalue weighted by atomic mass is 19.1. The fraction of sp³-hybridized carbons (Fsp3) is 0.211. The fourth-order valence-corrected chi connectivity index (χ4v) is 2.23. The molecule has 2 aromatic rings. The van der Waals surface area contributed by atoms with Gasteiger partial charge in [-0.15, -0.1) is 0 Å². The van der Waals surface area contributed by atoms with Crippen molar-refractivity contribution >= 4 is 12.0 Å². The molecule has 0 aliphatic rings. The number of amides is 1. The van der Waals surface area contributed by atoms with Crippen LogP contribution in [-0.4, -0.2) is 19.6 Å². The molecule has 4 heteroatoms. The van der Waals surface area contributed by atoms with Crippen LogP contribution in [0.2, 0.25) is 0 Å². The van der Waals surface area contributed by atoms with Crippen molar-refractivity contribution in [3.05, 3.63) is 71.0 Å². The fourth-order valence-electron chi connectivity index (χ4n) is 2.23. The number of carbonyl (C=O) groups is 1. The number of aryl methyl sites for hydroxylation is 1. The van der Waals surface area contributed by atoms with Crippen molar-refractivity contribution in [1.29, 1.82) is 0 Å². The van der Waals surface area contributed by atoms with Gasteiger partial charge < -0.3 is 10.1 Å². The van der Waals surface area contributed by atoms with Crippen LogP contribution in [0.4, 0.5) is 4.39 Å². The normalized spacial score (nSPS) is 10.7. The predicted molar refractivity (Wildman–Crippen MR) is 89.9 cm³/mol. The second kappa shape index (κ2) is 8.13. The Morgan fingerprint density at radius 1 is 1.26 bits per heavy atom. The summed E-state index contributed by atoms with van der Waals surface area (Å²) in [6, 6.07) is 12.2. The van der Waals surface area contributed by atoms with Crippen molar-refractivity contribution in [3.8, 4) is 5.75 Å². The first-order valence-corrected chi connectivity index (χ1v) is 7.43. The van der Waals surface area contributed by atoms with E-state index in [4.69, 9.17) is 4.74 Å². The Morgan fingerprint density at radius 3 is 2.83 bits per heavy atom. The van der Waals surface area contributed by atoms with Crippen LogP contribution in [0.15, 0.2) is 48.5 Å². The van der Waals surface area contributed by atoms with Crippen LogP contribution in [0.1, 0.15) is 16.7 Å². The van der Waals surface area contributed by atoms with Gasteiger partial charge >= 0.3 is 0 Å². The first-order valence-electron chi connectivity index (χ1n) is 7.43. The quantitative estimate of drug-likeness (QED) is 0.829. The van der Waals surface area contributed by atoms with Gasteiger partial charge in [0.15, 0.2) is 0 Å². The third-order valence-electron chi connectivity index (χ3n) is 3.40. The summed E-state index contributed by atoms with van der Waals surface area (Å²) in [6.45, 7) is 2.44. The largest absolute Gasteiger partial charge is 0.496 e. The van der Waals surface area contributed by atoms with Crippen molar-refractivity contribution in [2.45, 2.75) is 13.3 Å². The number of ether oxygens (including phenoxy) is 1. The van der Waals surface area contributed by atoms with Crippen molar-refractivity contribution in [1.82, 2.24) is 5.32 Å². The summed E-state index contributed by atoms with van der Waals surface area (Å²) in [5.41, 5.74) is 2.80. The highest BCUT2D eigenvalue weighted by Gasteiger charge is 2.01. The van der Waals surface area contributed by atoms with Crippen LogP contribution in [0.3, 0.4) is 0 Å². The molecule has 2 rings (SSSR count). The molecule has 23 heavy (non-hydrogen) atoms. The molecule has 0 saturated heterocycles. The number of hydrogen-bond donors (Lipinski definition) is 1. The van der Waals surface area contributed by atoms with Crippen molar-refractivity contribution in [2.24, 2.45) is 0 Å². The molecule has 1 amide bonds. The lowest BCUT2D eigenvalue weighted by atomic mass is 10.1. The van der Waals surface area contributed by atoms with Gasteiger partial charge in [0, 0.05) is 18.2 Å². The highest BCUT2D eigenvalue weighted by Crippen LogP contribution is 2.20. The van der Waals surface area contributed by atoms with Crippen molar-refractivity contribution in [3.63, 3.8) is 0 Å². The summed E-state index contributed by atoms with van der Waals surface area (Å²) in [5.74, 6) is 0.268. The predicted octanol–water partition coefficient (Wildman–Crippen LogP) is 3.51. The minimum atomic E-state index is -0.264. The molecule has 120 valence electrons.